The van der Waals surface area contributed by atoms with Crippen molar-refractivity contribution in [3.8, 4) is 0 Å². The number of amides is 11. The minimum absolute atomic E-state index is 0.0173. The Morgan fingerprint density at radius 1 is 0.663 bits per heavy atom. The number of likely N-dealkylation sites (N-methyl/N-ethyl adjacent to an activating group) is 7. The molecule has 8 atom stereocenters. The maximum Gasteiger partial charge on any atom is 0.417 e. The third-order valence-electron chi connectivity index (χ3n) is 18.3. The average Bonchev–Trinajstić information content (AvgIpc) is 1.50. The monoisotopic (exact) mass is 1320 g/mol. The van der Waals surface area contributed by atoms with Gasteiger partial charge in [0.2, 0.25) is 65.0 Å². The summed E-state index contributed by atoms with van der Waals surface area (Å²) in [7, 11) is 9.66. The molecule has 3 N–H and O–H groups in total. The minimum Gasteiger partial charge on any atom is -0.343 e. The van der Waals surface area contributed by atoms with Crippen molar-refractivity contribution in [3.63, 3.8) is 0 Å². The van der Waals surface area contributed by atoms with Crippen LogP contribution in [-0.2, 0) is 71.8 Å². The normalized spacial score (nSPS) is 24.9. The summed E-state index contributed by atoms with van der Waals surface area (Å²) >= 11 is 6.10. The summed E-state index contributed by atoms with van der Waals surface area (Å²) in [6.07, 6.45) is -3.20. The van der Waals surface area contributed by atoms with Gasteiger partial charge in [0.1, 0.15) is 47.6 Å². The molecule has 3 fully saturated rings. The molecule has 0 aromatic heterocycles. The molecule has 27 heteroatoms. The molecule has 1 unspecified atom stereocenters. The van der Waals surface area contributed by atoms with Gasteiger partial charge in [-0.3, -0.25) is 52.7 Å². The van der Waals surface area contributed by atoms with E-state index in [1.165, 1.54) is 93.2 Å². The maximum atomic E-state index is 15.1. The Labute approximate surface area is 542 Å². The molecule has 5 rings (SSSR count). The van der Waals surface area contributed by atoms with Crippen molar-refractivity contribution in [2.24, 2.45) is 17.8 Å². The first-order valence-electron chi connectivity index (χ1n) is 31.6. The number of carbonyl (C=O) groups excluding carboxylic acids is 11. The van der Waals surface area contributed by atoms with E-state index in [0.717, 1.165) is 37.8 Å². The highest BCUT2D eigenvalue weighted by Gasteiger charge is 2.50. The van der Waals surface area contributed by atoms with Gasteiger partial charge in [-0.2, -0.15) is 13.2 Å². The Morgan fingerprint density at radius 3 is 1.87 bits per heavy atom. The Kier molecular flexibility index (Phi) is 26.6. The van der Waals surface area contributed by atoms with Crippen molar-refractivity contribution in [1.82, 2.24) is 55.1 Å². The first-order chi connectivity index (χ1) is 42.9. The van der Waals surface area contributed by atoms with Crippen LogP contribution in [0.3, 0.4) is 0 Å². The quantitative estimate of drug-likeness (QED) is 0.270. The third kappa shape index (κ3) is 18.9. The number of carbonyl (C=O) groups is 11. The molecule has 0 bridgehead atoms. The molecule has 2 saturated heterocycles. The molecule has 2 heterocycles. The highest BCUT2D eigenvalue weighted by molar-refractivity contribution is 6.31. The molecule has 0 radical (unpaired) electrons. The first-order valence-corrected chi connectivity index (χ1v) is 31.9. The maximum absolute atomic E-state index is 15.1. The Hall–Kier alpha value is -7.38. The van der Waals surface area contributed by atoms with E-state index in [2.05, 4.69) is 16.0 Å². The van der Waals surface area contributed by atoms with Crippen LogP contribution in [0.5, 0.6) is 0 Å². The molecule has 2 aromatic carbocycles. The van der Waals surface area contributed by atoms with Gasteiger partial charge in [-0.1, -0.05) is 90.6 Å². The fourth-order valence-electron chi connectivity index (χ4n) is 12.3. The number of nitrogens with zero attached hydrogens (tertiary/aromatic N) is 8. The number of benzene rings is 2. The Bertz CT molecular complexity index is 3040. The third-order valence-corrected chi connectivity index (χ3v) is 18.6. The molecular formula is C65H94ClF4N11O11. The van der Waals surface area contributed by atoms with Gasteiger partial charge in [0.25, 0.3) is 0 Å². The van der Waals surface area contributed by atoms with Gasteiger partial charge in [-0.05, 0) is 105 Å². The summed E-state index contributed by atoms with van der Waals surface area (Å²) in [5.41, 5.74) is -2.07. The van der Waals surface area contributed by atoms with Crippen molar-refractivity contribution < 1.29 is 70.3 Å². The topological polar surface area (TPSA) is 250 Å². The van der Waals surface area contributed by atoms with E-state index in [-0.39, 0.29) is 75.0 Å². The fraction of sp³-hybridized carbons (Fsp3) is 0.646. The van der Waals surface area contributed by atoms with Crippen molar-refractivity contribution in [3.05, 3.63) is 70.0 Å². The number of aryl methyl sites for hydroxylation is 1. The van der Waals surface area contributed by atoms with Crippen molar-refractivity contribution in [2.45, 2.75) is 180 Å². The lowest BCUT2D eigenvalue weighted by molar-refractivity contribution is -0.152. The van der Waals surface area contributed by atoms with Crippen molar-refractivity contribution >= 4 is 76.6 Å². The molecule has 2 aromatic rings. The fourth-order valence-corrected chi connectivity index (χ4v) is 12.6. The van der Waals surface area contributed by atoms with Crippen LogP contribution in [0.1, 0.15) is 129 Å². The molecule has 1 spiro atoms. The molecule has 22 nitrogen and oxygen atoms in total. The number of nitrogens with one attached hydrogen (secondary N) is 3. The number of hydrogen-bond donors (Lipinski definition) is 3. The van der Waals surface area contributed by atoms with E-state index in [9.17, 15) is 65.5 Å². The van der Waals surface area contributed by atoms with Crippen LogP contribution in [0.2, 0.25) is 5.02 Å². The van der Waals surface area contributed by atoms with E-state index in [1.807, 2.05) is 20.8 Å². The number of halogens is 5. The second-order valence-corrected chi connectivity index (χ2v) is 26.5. The number of rotatable bonds is 10. The molecule has 92 heavy (non-hydrogen) atoms. The largest absolute Gasteiger partial charge is 0.417 e. The van der Waals surface area contributed by atoms with Crippen LogP contribution in [-0.4, -0.2) is 228 Å². The predicted octanol–water partition coefficient (Wildman–Crippen LogP) is 4.92. The highest BCUT2D eigenvalue weighted by atomic mass is 35.5. The van der Waals surface area contributed by atoms with Crippen LogP contribution in [0.15, 0.2) is 42.5 Å². The van der Waals surface area contributed by atoms with E-state index < -0.39 is 167 Å². The average molecular weight is 1320 g/mol. The Balaban J connectivity index is 1.57. The van der Waals surface area contributed by atoms with E-state index >= 15 is 4.79 Å². The molecule has 510 valence electrons. The van der Waals surface area contributed by atoms with Gasteiger partial charge in [-0.25, -0.2) is 4.39 Å². The van der Waals surface area contributed by atoms with Crippen LogP contribution in [0.25, 0.3) is 0 Å². The minimum atomic E-state index is -4.77. The predicted molar refractivity (Wildman–Crippen MR) is 336 cm³/mol. The smallest absolute Gasteiger partial charge is 0.343 e. The molecule has 2 aliphatic heterocycles. The summed E-state index contributed by atoms with van der Waals surface area (Å²) in [6, 6.07) is 0.0876. The van der Waals surface area contributed by atoms with Crippen molar-refractivity contribution in [2.75, 3.05) is 75.5 Å². The standard InChI is InChI=1S/C65H94ClF4N11O11/c1-15-40(6)55-61(90)76(10)36-53(84)74(8)37-54(85)79(13)50(34-43-20-18-21-44(67)32-43)60(89)75(9)35-51(82)71-47(26-24-42-23-25-45(46(66)33-42)65(68,69)70)59(88)81-29-19-22-48(81)58(87)73-64(27-16-17-28-64)63(92)80(14)56(39(4)5)62(91)77(11)41(7)31-52(83)78(12)49(30-38(2)3)57(86)72-55/h18,20-21,23,25,32-33,38-41,47-50,55-56H,15-17,19,22,24,26-31,34-37H2,1-14H3,(H,71,82)(H,72,86)(H,73,87)/t40-,41+,47-,48?,49-,50-,55-,56-/m0/s1. The summed E-state index contributed by atoms with van der Waals surface area (Å²) in [6.45, 7) is 10.6. The number of alkyl halides is 3. The highest BCUT2D eigenvalue weighted by Crippen LogP contribution is 2.36. The zero-order chi connectivity index (χ0) is 69.0. The second kappa shape index (κ2) is 32.5. The van der Waals surface area contributed by atoms with Crippen LogP contribution in [0, 0.1) is 23.6 Å². The van der Waals surface area contributed by atoms with Gasteiger partial charge in [0.15, 0.2) is 0 Å². The second-order valence-electron chi connectivity index (χ2n) is 26.1. The number of fused-ring (bicyclic) bond motifs is 1. The lowest BCUT2D eigenvalue weighted by Crippen LogP contribution is -2.64. The molecular weight excluding hydrogens is 1220 g/mol. The van der Waals surface area contributed by atoms with Crippen LogP contribution >= 0.6 is 11.6 Å². The SMILES string of the molecule is CC[C@H](C)[C@@H]1NC(=O)[C@H](CC(C)C)N(C)C(=O)C[C@@H](C)N(C)C(=O)[C@H](C(C)C)N(C)C(=O)C2(CCCC2)NC(=O)C2CCCN2C(=O)[C@H](CCc2ccc(C(F)(F)F)c(Cl)c2)NC(=O)CN(C)C(=O)[C@H](Cc2cccc(F)c2)N(C)C(=O)CN(C)C(=O)CN(C)C1=O. The van der Waals surface area contributed by atoms with Gasteiger partial charge in [0.05, 0.1) is 30.2 Å². The van der Waals surface area contributed by atoms with Crippen LogP contribution < -0.4 is 16.0 Å². The van der Waals surface area contributed by atoms with Gasteiger partial charge in [-0.15, -0.1) is 0 Å². The molecule has 1 aliphatic carbocycles. The van der Waals surface area contributed by atoms with Gasteiger partial charge < -0.3 is 55.1 Å². The summed E-state index contributed by atoms with van der Waals surface area (Å²) in [4.78, 5) is 169. The molecule has 1 saturated carbocycles. The summed E-state index contributed by atoms with van der Waals surface area (Å²) < 4.78 is 56.0. The molecule has 3 aliphatic rings. The van der Waals surface area contributed by atoms with Crippen LogP contribution in [0.4, 0.5) is 17.6 Å². The van der Waals surface area contributed by atoms with E-state index in [0.29, 0.717) is 25.7 Å². The van der Waals surface area contributed by atoms with Gasteiger partial charge >= 0.3 is 6.18 Å². The molecule has 11 amide bonds. The number of hydrogen-bond acceptors (Lipinski definition) is 11. The van der Waals surface area contributed by atoms with Gasteiger partial charge in [0, 0.05) is 74.8 Å². The summed E-state index contributed by atoms with van der Waals surface area (Å²) in [5.74, 6) is -9.24. The zero-order valence-electron chi connectivity index (χ0n) is 55.6. The van der Waals surface area contributed by atoms with E-state index in [1.54, 1.807) is 27.7 Å². The van der Waals surface area contributed by atoms with E-state index in [4.69, 9.17) is 11.6 Å². The lowest BCUT2D eigenvalue weighted by atomic mass is 9.91. The lowest BCUT2D eigenvalue weighted by Gasteiger charge is -2.41. The summed E-state index contributed by atoms with van der Waals surface area (Å²) in [5, 5.41) is 7.93. The zero-order valence-corrected chi connectivity index (χ0v) is 56.3. The van der Waals surface area contributed by atoms with Crippen molar-refractivity contribution in [1.29, 1.82) is 0 Å². The Morgan fingerprint density at radius 2 is 1.28 bits per heavy atom. The first kappa shape index (κ1) is 75.3.